The fraction of sp³-hybridized carbons (Fsp3) is 0.200. The molecule has 0 fully saturated rings. The Hall–Kier alpha value is -2.07. The van der Waals surface area contributed by atoms with Gasteiger partial charge in [-0.05, 0) is 37.0 Å². The normalized spacial score (nSPS) is 13.8. The second-order valence-electron chi connectivity index (χ2n) is 5.07. The quantitative estimate of drug-likeness (QED) is 0.747. The van der Waals surface area contributed by atoms with E-state index in [0.717, 1.165) is 41.8 Å². The van der Waals surface area contributed by atoms with Crippen molar-refractivity contribution < 1.29 is 0 Å². The third kappa shape index (κ3) is 1.68. The van der Waals surface area contributed by atoms with Crippen LogP contribution in [0.5, 0.6) is 0 Å². The summed E-state index contributed by atoms with van der Waals surface area (Å²) < 4.78 is 1.54. The molecule has 1 N–H and O–H groups in total. The maximum absolute atomic E-state index is 12.4. The summed E-state index contributed by atoms with van der Waals surface area (Å²) in [6.07, 6.45) is 2.76. The van der Waals surface area contributed by atoms with Crippen LogP contribution in [0.3, 0.4) is 0 Å². The fourth-order valence-corrected chi connectivity index (χ4v) is 2.90. The Morgan fingerprint density at radius 2 is 2.00 bits per heavy atom. The summed E-state index contributed by atoms with van der Waals surface area (Å²) in [5.74, 6) is 0. The Morgan fingerprint density at radius 1 is 1.20 bits per heavy atom. The van der Waals surface area contributed by atoms with E-state index in [1.807, 2.05) is 30.3 Å². The summed E-state index contributed by atoms with van der Waals surface area (Å²) in [6.45, 7) is 0. The zero-order chi connectivity index (χ0) is 13.7. The van der Waals surface area contributed by atoms with Crippen molar-refractivity contribution in [2.24, 2.45) is 0 Å². The number of aryl methyl sites for hydroxylation is 1. The predicted octanol–water partition coefficient (Wildman–Crippen LogP) is 2.83. The van der Waals surface area contributed by atoms with Crippen LogP contribution in [0.2, 0.25) is 5.02 Å². The van der Waals surface area contributed by atoms with Crippen LogP contribution in [0.25, 0.3) is 16.9 Å². The lowest BCUT2D eigenvalue weighted by molar-refractivity contribution is 0.873. The van der Waals surface area contributed by atoms with E-state index in [4.69, 9.17) is 11.6 Å². The molecule has 0 amide bonds. The molecule has 0 radical (unpaired) electrons. The minimum Gasteiger partial charge on any atom is -0.289 e. The first-order valence-electron chi connectivity index (χ1n) is 6.62. The van der Waals surface area contributed by atoms with E-state index in [1.54, 1.807) is 0 Å². The van der Waals surface area contributed by atoms with Crippen LogP contribution < -0.4 is 5.56 Å². The van der Waals surface area contributed by atoms with Crippen molar-refractivity contribution in [2.45, 2.75) is 19.3 Å². The van der Waals surface area contributed by atoms with E-state index in [2.05, 4.69) is 10.1 Å². The van der Waals surface area contributed by atoms with Crippen LogP contribution in [0.15, 0.2) is 35.1 Å². The van der Waals surface area contributed by atoms with Gasteiger partial charge in [0.15, 0.2) is 5.65 Å². The van der Waals surface area contributed by atoms with Crippen molar-refractivity contribution in [3.8, 4) is 11.3 Å². The van der Waals surface area contributed by atoms with Gasteiger partial charge in [0.25, 0.3) is 5.56 Å². The molecule has 0 unspecified atom stereocenters. The van der Waals surface area contributed by atoms with Gasteiger partial charge in [-0.2, -0.15) is 0 Å². The molecule has 20 heavy (non-hydrogen) atoms. The molecule has 0 saturated carbocycles. The van der Waals surface area contributed by atoms with Crippen LogP contribution in [0, 0.1) is 0 Å². The zero-order valence-electron chi connectivity index (χ0n) is 10.7. The van der Waals surface area contributed by atoms with Crippen LogP contribution in [0.1, 0.15) is 17.7 Å². The number of rotatable bonds is 1. The van der Waals surface area contributed by atoms with Crippen molar-refractivity contribution in [3.05, 3.63) is 57.0 Å². The molecule has 5 heteroatoms. The van der Waals surface area contributed by atoms with Crippen molar-refractivity contribution in [2.75, 3.05) is 0 Å². The van der Waals surface area contributed by atoms with E-state index in [9.17, 15) is 4.79 Å². The Bertz CT molecular complexity index is 861. The number of benzene rings is 1. The molecule has 0 aliphatic heterocycles. The first-order chi connectivity index (χ1) is 9.72. The standard InChI is InChI=1S/C15H12ClN3O/c16-10-6-4-9(5-7-10)13-8-14-17-12-3-1-2-11(12)15(20)19(14)18-13/h4-8,18H,1-3H2. The molecule has 4 rings (SSSR count). The van der Waals surface area contributed by atoms with Gasteiger partial charge in [-0.25, -0.2) is 9.50 Å². The van der Waals surface area contributed by atoms with Crippen LogP contribution in [-0.2, 0) is 12.8 Å². The highest BCUT2D eigenvalue weighted by atomic mass is 35.5. The SMILES string of the molecule is O=c1c2c(nc3cc(-c4ccc(Cl)cc4)[nH]n13)CCC2. The average Bonchev–Trinajstić information content (AvgIpc) is 3.06. The van der Waals surface area contributed by atoms with Crippen molar-refractivity contribution in [1.82, 2.24) is 14.6 Å². The minimum absolute atomic E-state index is 0.0303. The Morgan fingerprint density at radius 3 is 2.80 bits per heavy atom. The van der Waals surface area contributed by atoms with E-state index in [-0.39, 0.29) is 5.56 Å². The van der Waals surface area contributed by atoms with Crippen LogP contribution in [0.4, 0.5) is 0 Å². The van der Waals surface area contributed by atoms with Crippen molar-refractivity contribution >= 4 is 17.2 Å². The molecule has 1 aromatic carbocycles. The first kappa shape index (κ1) is 11.7. The lowest BCUT2D eigenvalue weighted by Crippen LogP contribution is -2.19. The molecule has 0 spiro atoms. The molecule has 0 saturated heterocycles. The lowest BCUT2D eigenvalue weighted by atomic mass is 10.1. The minimum atomic E-state index is 0.0303. The molecule has 0 bridgehead atoms. The van der Waals surface area contributed by atoms with Gasteiger partial charge in [0.05, 0.1) is 11.4 Å². The lowest BCUT2D eigenvalue weighted by Gasteiger charge is -1.99. The Balaban J connectivity index is 1.94. The average molecular weight is 286 g/mol. The Labute approximate surface area is 120 Å². The van der Waals surface area contributed by atoms with Gasteiger partial charge in [0, 0.05) is 16.7 Å². The number of aromatic nitrogens is 3. The monoisotopic (exact) mass is 285 g/mol. The van der Waals surface area contributed by atoms with Gasteiger partial charge in [-0.1, -0.05) is 23.7 Å². The first-order valence-corrected chi connectivity index (χ1v) is 6.99. The number of nitrogens with one attached hydrogen (secondary N) is 1. The van der Waals surface area contributed by atoms with E-state index in [0.29, 0.717) is 10.7 Å². The molecular weight excluding hydrogens is 274 g/mol. The number of nitrogens with zero attached hydrogens (tertiary/aromatic N) is 2. The highest BCUT2D eigenvalue weighted by molar-refractivity contribution is 6.30. The number of hydrogen-bond acceptors (Lipinski definition) is 2. The van der Waals surface area contributed by atoms with Gasteiger partial charge in [-0.15, -0.1) is 0 Å². The van der Waals surface area contributed by atoms with Crippen molar-refractivity contribution in [3.63, 3.8) is 0 Å². The van der Waals surface area contributed by atoms with E-state index in [1.165, 1.54) is 4.52 Å². The smallest absolute Gasteiger partial charge is 0.276 e. The van der Waals surface area contributed by atoms with Gasteiger partial charge >= 0.3 is 0 Å². The largest absolute Gasteiger partial charge is 0.289 e. The third-order valence-electron chi connectivity index (χ3n) is 3.79. The zero-order valence-corrected chi connectivity index (χ0v) is 11.4. The van der Waals surface area contributed by atoms with Crippen LogP contribution in [-0.4, -0.2) is 14.6 Å². The molecule has 2 heterocycles. The molecule has 1 aliphatic rings. The second-order valence-corrected chi connectivity index (χ2v) is 5.50. The maximum atomic E-state index is 12.4. The summed E-state index contributed by atoms with van der Waals surface area (Å²) >= 11 is 5.89. The summed E-state index contributed by atoms with van der Waals surface area (Å²) in [5.41, 5.74) is 4.38. The topological polar surface area (TPSA) is 50.2 Å². The molecule has 0 atom stereocenters. The fourth-order valence-electron chi connectivity index (χ4n) is 2.77. The van der Waals surface area contributed by atoms with Crippen LogP contribution >= 0.6 is 11.6 Å². The highest BCUT2D eigenvalue weighted by Gasteiger charge is 2.19. The molecule has 2 aromatic heterocycles. The predicted molar refractivity (Wildman–Crippen MR) is 78.3 cm³/mol. The molecule has 1 aliphatic carbocycles. The number of hydrogen-bond donors (Lipinski definition) is 1. The van der Waals surface area contributed by atoms with Gasteiger partial charge in [0.1, 0.15) is 0 Å². The Kier molecular flexibility index (Phi) is 2.47. The molecular formula is C15H12ClN3O. The third-order valence-corrected chi connectivity index (χ3v) is 4.04. The van der Waals surface area contributed by atoms with Gasteiger partial charge < -0.3 is 0 Å². The van der Waals surface area contributed by atoms with E-state index >= 15 is 0 Å². The van der Waals surface area contributed by atoms with Crippen molar-refractivity contribution in [1.29, 1.82) is 0 Å². The number of aromatic amines is 1. The maximum Gasteiger partial charge on any atom is 0.276 e. The summed E-state index contributed by atoms with van der Waals surface area (Å²) in [4.78, 5) is 17.0. The van der Waals surface area contributed by atoms with Gasteiger partial charge in [-0.3, -0.25) is 9.89 Å². The molecule has 3 aromatic rings. The highest BCUT2D eigenvalue weighted by Crippen LogP contribution is 2.22. The van der Waals surface area contributed by atoms with Gasteiger partial charge in [0.2, 0.25) is 0 Å². The molecule has 4 nitrogen and oxygen atoms in total. The number of halogens is 1. The summed E-state index contributed by atoms with van der Waals surface area (Å²) in [6, 6.07) is 9.41. The summed E-state index contributed by atoms with van der Waals surface area (Å²) in [7, 11) is 0. The second kappa shape index (κ2) is 4.21. The van der Waals surface area contributed by atoms with E-state index < -0.39 is 0 Å². The number of H-pyrrole nitrogens is 1. The number of fused-ring (bicyclic) bond motifs is 2. The molecule has 100 valence electrons. The summed E-state index contributed by atoms with van der Waals surface area (Å²) in [5, 5.41) is 3.82.